The smallest absolute Gasteiger partial charge is 0.242 e. The van der Waals surface area contributed by atoms with Gasteiger partial charge in [0.1, 0.15) is 66.8 Å². The summed E-state index contributed by atoms with van der Waals surface area (Å²) in [5, 5.41) is 110. The molecule has 0 aromatic rings. The van der Waals surface area contributed by atoms with E-state index in [1.807, 2.05) is 0 Å². The van der Waals surface area contributed by atoms with Crippen molar-refractivity contribution in [2.75, 3.05) is 106 Å². The van der Waals surface area contributed by atoms with Gasteiger partial charge in [0.15, 0.2) is 25.2 Å². The van der Waals surface area contributed by atoms with Crippen molar-refractivity contribution >= 4 is 47.3 Å². The van der Waals surface area contributed by atoms with Gasteiger partial charge in [-0.05, 0) is 45.4 Å². The van der Waals surface area contributed by atoms with Crippen LogP contribution in [0.4, 0.5) is 0 Å². The zero-order valence-corrected chi connectivity index (χ0v) is 51.0. The Hall–Kier alpha value is -5.00. The number of hydrogen-bond donors (Lipinski definition) is 17. The quantitative estimate of drug-likeness (QED) is 0.0199. The van der Waals surface area contributed by atoms with Gasteiger partial charge in [0.2, 0.25) is 47.3 Å². The minimum atomic E-state index is -2.10. The zero-order chi connectivity index (χ0) is 66.0. The normalized spacial score (nSPS) is 26.1. The van der Waals surface area contributed by atoms with Crippen molar-refractivity contribution in [2.24, 2.45) is 5.92 Å². The van der Waals surface area contributed by atoms with E-state index in [0.717, 1.165) is 6.92 Å². The fraction of sp³-hybridized carbons (Fsp3) is 0.852. The molecule has 0 radical (unpaired) electrons. The van der Waals surface area contributed by atoms with E-state index in [2.05, 4.69) is 42.5 Å². The van der Waals surface area contributed by atoms with E-state index in [4.69, 9.17) is 47.4 Å². The number of carbonyl (C=O) groups is 8. The van der Waals surface area contributed by atoms with Crippen LogP contribution in [0, 0.1) is 5.92 Å². The van der Waals surface area contributed by atoms with Crippen molar-refractivity contribution in [2.45, 2.75) is 183 Å². The van der Waals surface area contributed by atoms with Crippen LogP contribution < -0.4 is 42.5 Å². The Balaban J connectivity index is 1.62. The second-order valence-electron chi connectivity index (χ2n) is 21.4. The summed E-state index contributed by atoms with van der Waals surface area (Å²) < 4.78 is 55.5. The molecule has 15 atom stereocenters. The molecule has 2 saturated heterocycles. The van der Waals surface area contributed by atoms with E-state index in [-0.39, 0.29) is 104 Å². The maximum absolute atomic E-state index is 13.7. The molecule has 35 nitrogen and oxygen atoms in total. The molecule has 0 bridgehead atoms. The maximum atomic E-state index is 13.7. The van der Waals surface area contributed by atoms with Crippen molar-refractivity contribution in [3.63, 3.8) is 0 Å². The lowest BCUT2D eigenvalue weighted by Crippen LogP contribution is -2.64. The Morgan fingerprint density at radius 3 is 1.45 bits per heavy atom. The molecule has 1 aliphatic carbocycles. The Morgan fingerprint density at radius 1 is 0.551 bits per heavy atom. The summed E-state index contributed by atoms with van der Waals surface area (Å²) in [5.41, 5.74) is 0. The molecule has 2 aliphatic heterocycles. The summed E-state index contributed by atoms with van der Waals surface area (Å²) >= 11 is 0. The highest BCUT2D eigenvalue weighted by atomic mass is 16.7. The SMILES string of the molecule is COC1CCC(C(=O)NC(CCC(=O)NC(CCC(=O)NCCOCCOC2OC(CO)C(O)C(O)C2NC(C)=O)C(=O)NCCOCCOC(OC(C)CO)C(NC(C)=O)C(O)O)C(=O)NCCOCCOC2OC(CO)C(O)C(O)C2NC(C)=O)CC1. The predicted molar refractivity (Wildman–Crippen MR) is 302 cm³/mol. The van der Waals surface area contributed by atoms with Crippen LogP contribution in [0.15, 0.2) is 0 Å². The summed E-state index contributed by atoms with van der Waals surface area (Å²) in [6, 6.07) is -6.34. The highest BCUT2D eigenvalue weighted by molar-refractivity contribution is 5.90. The molecule has 8 amide bonds. The fourth-order valence-corrected chi connectivity index (χ4v) is 9.51. The lowest BCUT2D eigenvalue weighted by atomic mass is 9.86. The second kappa shape index (κ2) is 42.9. The largest absolute Gasteiger partial charge is 0.394 e. The van der Waals surface area contributed by atoms with Gasteiger partial charge in [-0.3, -0.25) is 38.4 Å². The summed E-state index contributed by atoms with van der Waals surface area (Å²) in [4.78, 5) is 103. The summed E-state index contributed by atoms with van der Waals surface area (Å²) in [7, 11) is 1.58. The molecule has 1 saturated carbocycles. The Labute approximate surface area is 515 Å². The molecule has 0 spiro atoms. The number of amides is 8. The van der Waals surface area contributed by atoms with Gasteiger partial charge in [0.25, 0.3) is 0 Å². The van der Waals surface area contributed by atoms with E-state index in [9.17, 15) is 84.3 Å². The first-order valence-corrected chi connectivity index (χ1v) is 29.7. The number of ether oxygens (including phenoxy) is 10. The summed E-state index contributed by atoms with van der Waals surface area (Å²) in [6.45, 7) is 2.14. The van der Waals surface area contributed by atoms with Gasteiger partial charge >= 0.3 is 0 Å². The molecule has 2 heterocycles. The van der Waals surface area contributed by atoms with Crippen molar-refractivity contribution in [3.8, 4) is 0 Å². The van der Waals surface area contributed by atoms with Crippen molar-refractivity contribution in [3.05, 3.63) is 0 Å². The standard InChI is InChI=1S/C54H96N8O27/c1-29(26-63)87-54(43(51(78)79)60-32(4)68)86-25-22-83-18-15-56-49(76)35(10-12-39(69)55-14-17-81-20-23-84-52-41(58-30(2)66)46(73)44(71)37(27-64)88-52)61-40(70)13-11-36(62-48(75)33-6-8-34(80-5)9-7-33)50(77)57-16-19-82-21-24-85-53-42(59-31(3)67)47(74)45(72)38(28-65)89-53/h29,33-38,41-47,51-54,63-65,71-74,78-79H,6-28H2,1-5H3,(H,55,69)(H,56,76)(H,57,77)(H,58,66)(H,59,67)(H,60,68)(H,61,70)(H,62,75). The highest BCUT2D eigenvalue weighted by Gasteiger charge is 2.47. The second-order valence-corrected chi connectivity index (χ2v) is 21.4. The Morgan fingerprint density at radius 2 is 1.01 bits per heavy atom. The third kappa shape index (κ3) is 29.0. The molecule has 17 N–H and O–H groups in total. The van der Waals surface area contributed by atoms with Gasteiger partial charge in [-0.1, -0.05) is 0 Å². The van der Waals surface area contributed by atoms with Gasteiger partial charge in [-0.2, -0.15) is 0 Å². The summed E-state index contributed by atoms with van der Waals surface area (Å²) in [6.07, 6.45) is -14.3. The first-order valence-electron chi connectivity index (χ1n) is 29.7. The third-order valence-corrected chi connectivity index (χ3v) is 14.3. The van der Waals surface area contributed by atoms with Gasteiger partial charge < -0.3 is 136 Å². The van der Waals surface area contributed by atoms with Crippen LogP contribution in [0.3, 0.4) is 0 Å². The lowest BCUT2D eigenvalue weighted by molar-refractivity contribution is -0.272. The molecule has 0 aromatic heterocycles. The fourth-order valence-electron chi connectivity index (χ4n) is 9.51. The van der Waals surface area contributed by atoms with Crippen LogP contribution in [-0.2, 0) is 85.7 Å². The van der Waals surface area contributed by atoms with Crippen LogP contribution in [0.5, 0.6) is 0 Å². The molecule has 0 aromatic carbocycles. The minimum absolute atomic E-state index is 0.0115. The first-order chi connectivity index (χ1) is 42.4. The number of carbonyl (C=O) groups excluding carboxylic acids is 8. The Kier molecular flexibility index (Phi) is 37.8. The third-order valence-electron chi connectivity index (χ3n) is 14.3. The Bertz CT molecular complexity index is 2120. The van der Waals surface area contributed by atoms with Crippen LogP contribution in [0.2, 0.25) is 0 Å². The number of aliphatic hydroxyl groups excluding tert-OH is 8. The number of nitrogens with one attached hydrogen (secondary N) is 8. The van der Waals surface area contributed by atoms with Gasteiger partial charge in [0, 0.05) is 66.3 Å². The van der Waals surface area contributed by atoms with E-state index < -0.39 is 178 Å². The van der Waals surface area contributed by atoms with Gasteiger partial charge in [-0.25, -0.2) is 0 Å². The average Bonchev–Trinajstić information content (AvgIpc) is 1.17. The molecule has 15 unspecified atom stereocenters. The molecular weight excluding hydrogens is 1190 g/mol. The van der Waals surface area contributed by atoms with E-state index >= 15 is 0 Å². The van der Waals surface area contributed by atoms with E-state index in [1.165, 1.54) is 20.8 Å². The predicted octanol–water partition coefficient (Wildman–Crippen LogP) is -8.40. The number of methoxy groups -OCH3 is 1. The number of hydrogen-bond acceptors (Lipinski definition) is 27. The van der Waals surface area contributed by atoms with E-state index in [0.29, 0.717) is 25.7 Å². The molecular formula is C54H96N8O27. The lowest BCUT2D eigenvalue weighted by Gasteiger charge is -2.42. The van der Waals surface area contributed by atoms with Crippen molar-refractivity contribution in [1.82, 2.24) is 42.5 Å². The summed E-state index contributed by atoms with van der Waals surface area (Å²) in [5.74, 6) is -5.20. The highest BCUT2D eigenvalue weighted by Crippen LogP contribution is 2.27. The van der Waals surface area contributed by atoms with Crippen LogP contribution in [0.1, 0.15) is 79.1 Å². The topological polar surface area (TPSA) is 507 Å². The average molecular weight is 1290 g/mol. The van der Waals surface area contributed by atoms with Crippen LogP contribution >= 0.6 is 0 Å². The molecule has 89 heavy (non-hydrogen) atoms. The maximum Gasteiger partial charge on any atom is 0.242 e. The van der Waals surface area contributed by atoms with Crippen molar-refractivity contribution < 1.29 is 132 Å². The first kappa shape index (κ1) is 78.2. The van der Waals surface area contributed by atoms with Crippen LogP contribution in [0.25, 0.3) is 0 Å². The van der Waals surface area contributed by atoms with Gasteiger partial charge in [-0.15, -0.1) is 0 Å². The molecule has 35 heteroatoms. The number of rotatable bonds is 43. The van der Waals surface area contributed by atoms with E-state index in [1.54, 1.807) is 7.11 Å². The molecule has 3 fully saturated rings. The van der Waals surface area contributed by atoms with Crippen molar-refractivity contribution in [1.29, 1.82) is 0 Å². The van der Waals surface area contributed by atoms with Crippen LogP contribution in [-0.4, -0.2) is 303 Å². The minimum Gasteiger partial charge on any atom is -0.394 e. The monoisotopic (exact) mass is 1290 g/mol. The zero-order valence-electron chi connectivity index (χ0n) is 51.0. The number of aliphatic hydroxyl groups is 9. The molecule has 3 rings (SSSR count). The molecule has 3 aliphatic rings. The van der Waals surface area contributed by atoms with Gasteiger partial charge in [0.05, 0.1) is 91.5 Å². The molecule has 514 valence electrons.